The van der Waals surface area contributed by atoms with E-state index in [2.05, 4.69) is 15.6 Å². The second-order valence-corrected chi connectivity index (χ2v) is 7.67. The number of rotatable bonds is 9. The summed E-state index contributed by atoms with van der Waals surface area (Å²) >= 11 is 0. The Morgan fingerprint density at radius 3 is 2.52 bits per heavy atom. The number of nitrogens with one attached hydrogen (secondary N) is 2. The molecule has 1 aromatic heterocycles. The zero-order valence-corrected chi connectivity index (χ0v) is 18.7. The number of carbonyl (C=O) groups excluding carboxylic acids is 2. The molecule has 0 spiro atoms. The number of nitrogens with zero attached hydrogens (tertiary/aromatic N) is 1. The van der Waals surface area contributed by atoms with Crippen LogP contribution >= 0.6 is 0 Å². The van der Waals surface area contributed by atoms with Gasteiger partial charge in [-0.25, -0.2) is 4.39 Å². The van der Waals surface area contributed by atoms with Crippen molar-refractivity contribution < 1.29 is 23.5 Å². The van der Waals surface area contributed by atoms with Crippen molar-refractivity contribution in [3.63, 3.8) is 0 Å². The number of benzene rings is 2. The van der Waals surface area contributed by atoms with Crippen LogP contribution < -0.4 is 20.1 Å². The predicted molar refractivity (Wildman–Crippen MR) is 122 cm³/mol. The Morgan fingerprint density at radius 1 is 1.06 bits per heavy atom. The average molecular weight is 451 g/mol. The van der Waals surface area contributed by atoms with Gasteiger partial charge in [0.1, 0.15) is 17.5 Å². The Balaban J connectivity index is 1.62. The minimum absolute atomic E-state index is 0.0576. The molecule has 172 valence electrons. The van der Waals surface area contributed by atoms with E-state index in [0.717, 1.165) is 0 Å². The first-order chi connectivity index (χ1) is 15.9. The third-order valence-electron chi connectivity index (χ3n) is 4.91. The van der Waals surface area contributed by atoms with Gasteiger partial charge in [0.25, 0.3) is 5.91 Å². The highest BCUT2D eigenvalue weighted by molar-refractivity contribution is 5.99. The summed E-state index contributed by atoms with van der Waals surface area (Å²) in [4.78, 5) is 29.4. The Kier molecular flexibility index (Phi) is 7.96. The van der Waals surface area contributed by atoms with Crippen LogP contribution in [0.3, 0.4) is 0 Å². The van der Waals surface area contributed by atoms with Crippen molar-refractivity contribution in [2.75, 3.05) is 7.11 Å². The zero-order chi connectivity index (χ0) is 23.8. The van der Waals surface area contributed by atoms with Crippen LogP contribution in [-0.4, -0.2) is 29.9 Å². The first-order valence-corrected chi connectivity index (χ1v) is 10.5. The number of hydrogen-bond donors (Lipinski definition) is 2. The maximum absolute atomic E-state index is 14.5. The second kappa shape index (κ2) is 11.1. The Bertz CT molecular complexity index is 1110. The summed E-state index contributed by atoms with van der Waals surface area (Å²) in [7, 11) is 1.48. The fourth-order valence-corrected chi connectivity index (χ4v) is 3.16. The normalized spacial score (nSPS) is 11.5. The van der Waals surface area contributed by atoms with Crippen LogP contribution in [0, 0.1) is 11.7 Å². The minimum atomic E-state index is -0.777. The molecule has 33 heavy (non-hydrogen) atoms. The van der Waals surface area contributed by atoms with Gasteiger partial charge in [0, 0.05) is 12.7 Å². The fourth-order valence-electron chi connectivity index (χ4n) is 3.16. The molecular weight excluding hydrogens is 425 g/mol. The molecule has 2 aromatic carbocycles. The van der Waals surface area contributed by atoms with Gasteiger partial charge in [-0.2, -0.15) is 0 Å². The topological polar surface area (TPSA) is 89.5 Å². The Labute approximate surface area is 192 Å². The lowest BCUT2D eigenvalue weighted by Crippen LogP contribution is -2.49. The van der Waals surface area contributed by atoms with Gasteiger partial charge in [0.05, 0.1) is 18.9 Å². The second-order valence-electron chi connectivity index (χ2n) is 7.67. The van der Waals surface area contributed by atoms with Gasteiger partial charge >= 0.3 is 0 Å². The molecule has 0 aliphatic carbocycles. The molecule has 0 saturated carbocycles. The summed E-state index contributed by atoms with van der Waals surface area (Å²) in [5.41, 5.74) is 0.891. The van der Waals surface area contributed by atoms with Gasteiger partial charge in [-0.3, -0.25) is 14.6 Å². The number of pyridine rings is 1. The van der Waals surface area contributed by atoms with Crippen molar-refractivity contribution in [3.05, 3.63) is 83.9 Å². The lowest BCUT2D eigenvalue weighted by molar-refractivity contribution is -0.124. The fraction of sp³-hybridized carbons (Fsp3) is 0.240. The van der Waals surface area contributed by atoms with Crippen LogP contribution in [0.2, 0.25) is 0 Å². The number of hydrogen-bond acceptors (Lipinski definition) is 5. The Morgan fingerprint density at radius 2 is 1.85 bits per heavy atom. The van der Waals surface area contributed by atoms with E-state index in [9.17, 15) is 14.0 Å². The summed E-state index contributed by atoms with van der Waals surface area (Å²) in [6, 6.07) is 13.8. The van der Waals surface area contributed by atoms with E-state index in [1.807, 2.05) is 13.8 Å². The maximum Gasteiger partial charge on any atom is 0.255 e. The van der Waals surface area contributed by atoms with E-state index in [1.165, 1.54) is 25.4 Å². The molecule has 0 fully saturated rings. The molecule has 2 N–H and O–H groups in total. The third kappa shape index (κ3) is 6.29. The number of halogens is 1. The van der Waals surface area contributed by atoms with E-state index >= 15 is 0 Å². The quantitative estimate of drug-likeness (QED) is 0.512. The maximum atomic E-state index is 14.5. The molecule has 0 bridgehead atoms. The average Bonchev–Trinajstić information content (AvgIpc) is 2.82. The van der Waals surface area contributed by atoms with Gasteiger partial charge in [-0.1, -0.05) is 32.0 Å². The number of ether oxygens (including phenoxy) is 2. The van der Waals surface area contributed by atoms with Crippen molar-refractivity contribution in [2.45, 2.75) is 26.4 Å². The predicted octanol–water partition coefficient (Wildman–Crippen LogP) is 4.09. The summed E-state index contributed by atoms with van der Waals surface area (Å²) in [6.07, 6.45) is 3.08. The minimum Gasteiger partial charge on any atom is -0.496 e. The van der Waals surface area contributed by atoms with Crippen LogP contribution in [0.15, 0.2) is 67.0 Å². The molecule has 2 amide bonds. The van der Waals surface area contributed by atoms with Crippen LogP contribution in [0.4, 0.5) is 4.39 Å². The molecule has 3 aromatic rings. The van der Waals surface area contributed by atoms with Crippen molar-refractivity contribution >= 4 is 11.8 Å². The third-order valence-corrected chi connectivity index (χ3v) is 4.91. The van der Waals surface area contributed by atoms with E-state index < -0.39 is 17.8 Å². The van der Waals surface area contributed by atoms with Crippen LogP contribution in [0.5, 0.6) is 17.2 Å². The van der Waals surface area contributed by atoms with Crippen molar-refractivity contribution in [2.24, 2.45) is 5.92 Å². The number of methoxy groups -OCH3 is 1. The standard InChI is InChI=1S/C25H26FN3O4/c1-16(2)23(29-24(30)19-8-4-5-9-21(19)32-3)25(31)28-14-17-10-11-22(20(26)13-17)33-18-7-6-12-27-15-18/h4-13,15-16,23H,14H2,1-3H3,(H,28,31)(H,29,30). The zero-order valence-electron chi connectivity index (χ0n) is 18.7. The van der Waals surface area contributed by atoms with E-state index in [1.54, 1.807) is 48.7 Å². The monoisotopic (exact) mass is 451 g/mol. The molecule has 1 unspecified atom stereocenters. The first kappa shape index (κ1) is 23.7. The van der Waals surface area contributed by atoms with Crippen molar-refractivity contribution in [1.82, 2.24) is 15.6 Å². The van der Waals surface area contributed by atoms with Crippen molar-refractivity contribution in [3.8, 4) is 17.2 Å². The smallest absolute Gasteiger partial charge is 0.255 e. The lowest BCUT2D eigenvalue weighted by Gasteiger charge is -2.22. The van der Waals surface area contributed by atoms with Crippen LogP contribution in [0.25, 0.3) is 0 Å². The van der Waals surface area contributed by atoms with Gasteiger partial charge in [0.15, 0.2) is 11.6 Å². The molecule has 3 rings (SSSR count). The molecule has 0 saturated heterocycles. The largest absolute Gasteiger partial charge is 0.496 e. The molecular formula is C25H26FN3O4. The van der Waals surface area contributed by atoms with Gasteiger partial charge in [-0.05, 0) is 47.9 Å². The highest BCUT2D eigenvalue weighted by Gasteiger charge is 2.25. The van der Waals surface area contributed by atoms with Gasteiger partial charge in [0.2, 0.25) is 5.91 Å². The lowest BCUT2D eigenvalue weighted by atomic mass is 10.0. The molecule has 7 nitrogen and oxygen atoms in total. The molecule has 1 heterocycles. The number of para-hydroxylation sites is 1. The first-order valence-electron chi connectivity index (χ1n) is 10.5. The molecule has 0 radical (unpaired) electrons. The number of carbonyl (C=O) groups is 2. The SMILES string of the molecule is COc1ccccc1C(=O)NC(C(=O)NCc1ccc(Oc2cccnc2)c(F)c1)C(C)C. The van der Waals surface area contributed by atoms with E-state index in [-0.39, 0.29) is 24.1 Å². The number of aromatic nitrogens is 1. The molecule has 8 heteroatoms. The van der Waals surface area contributed by atoms with Gasteiger partial charge < -0.3 is 20.1 Å². The van der Waals surface area contributed by atoms with Crippen LogP contribution in [0.1, 0.15) is 29.8 Å². The van der Waals surface area contributed by atoms with E-state index in [0.29, 0.717) is 22.6 Å². The van der Waals surface area contributed by atoms with E-state index in [4.69, 9.17) is 9.47 Å². The molecule has 1 atom stereocenters. The van der Waals surface area contributed by atoms with Gasteiger partial charge in [-0.15, -0.1) is 0 Å². The van der Waals surface area contributed by atoms with Crippen LogP contribution in [-0.2, 0) is 11.3 Å². The molecule has 0 aliphatic heterocycles. The highest BCUT2D eigenvalue weighted by Crippen LogP contribution is 2.24. The van der Waals surface area contributed by atoms with Crippen molar-refractivity contribution in [1.29, 1.82) is 0 Å². The Hall–Kier alpha value is -3.94. The number of amides is 2. The summed E-state index contributed by atoms with van der Waals surface area (Å²) in [5.74, 6) is -0.619. The molecule has 0 aliphatic rings. The highest BCUT2D eigenvalue weighted by atomic mass is 19.1. The summed E-state index contributed by atoms with van der Waals surface area (Å²) < 4.78 is 25.2. The summed E-state index contributed by atoms with van der Waals surface area (Å²) in [6.45, 7) is 3.75. The summed E-state index contributed by atoms with van der Waals surface area (Å²) in [5, 5.41) is 5.52.